The molecule has 0 amide bonds. The monoisotopic (exact) mass is 422 g/mol. The minimum absolute atomic E-state index is 1.06. The van der Waals surface area contributed by atoms with Crippen LogP contribution >= 0.6 is 41.2 Å². The molecule has 4 nitrogen and oxygen atoms in total. The van der Waals surface area contributed by atoms with Crippen LogP contribution in [0.1, 0.15) is 12.8 Å². The van der Waals surface area contributed by atoms with Crippen molar-refractivity contribution in [3.8, 4) is 0 Å². The predicted molar refractivity (Wildman–Crippen MR) is 110 cm³/mol. The van der Waals surface area contributed by atoms with E-state index < -0.39 is 17.1 Å². The molecule has 134 valence electrons. The molecule has 0 aromatic carbocycles. The molecular formula is C12H30O4S4Si2. The first-order valence-electron chi connectivity index (χ1n) is 7.23. The van der Waals surface area contributed by atoms with Crippen LogP contribution in [-0.2, 0) is 17.7 Å². The zero-order valence-electron chi connectivity index (χ0n) is 14.5. The van der Waals surface area contributed by atoms with Gasteiger partial charge in [-0.2, -0.15) is 0 Å². The van der Waals surface area contributed by atoms with Crippen molar-refractivity contribution < 1.29 is 17.7 Å². The van der Waals surface area contributed by atoms with E-state index in [1.54, 1.807) is 28.4 Å². The quantitative estimate of drug-likeness (QED) is 0.203. The van der Waals surface area contributed by atoms with Crippen molar-refractivity contribution in [1.82, 2.24) is 0 Å². The van der Waals surface area contributed by atoms with E-state index in [2.05, 4.69) is 13.1 Å². The van der Waals surface area contributed by atoms with Crippen molar-refractivity contribution >= 4 is 58.4 Å². The molecular weight excluding hydrogens is 393 g/mol. The van der Waals surface area contributed by atoms with Gasteiger partial charge in [-0.15, -0.1) is 0 Å². The van der Waals surface area contributed by atoms with Gasteiger partial charge in [0.05, 0.1) is 0 Å². The van der Waals surface area contributed by atoms with E-state index in [1.807, 2.05) is 41.2 Å². The highest BCUT2D eigenvalue weighted by Crippen LogP contribution is 2.43. The number of rotatable bonds is 15. The highest BCUT2D eigenvalue weighted by molar-refractivity contribution is 9.26. The van der Waals surface area contributed by atoms with Gasteiger partial charge < -0.3 is 17.7 Å². The largest absolute Gasteiger partial charge is 0.398 e. The van der Waals surface area contributed by atoms with E-state index in [-0.39, 0.29) is 0 Å². The Kier molecular flexibility index (Phi) is 15.0. The van der Waals surface area contributed by atoms with Gasteiger partial charge in [-0.3, -0.25) is 0 Å². The highest BCUT2D eigenvalue weighted by atomic mass is 33.7. The Balaban J connectivity index is 3.41. The highest BCUT2D eigenvalue weighted by Gasteiger charge is 2.28. The van der Waals surface area contributed by atoms with Crippen LogP contribution in [0.3, 0.4) is 0 Å². The van der Waals surface area contributed by atoms with Crippen molar-refractivity contribution in [2.24, 2.45) is 0 Å². The number of hydrogen-bond acceptors (Lipinski definition) is 8. The van der Waals surface area contributed by atoms with Crippen molar-refractivity contribution in [3.05, 3.63) is 0 Å². The lowest BCUT2D eigenvalue weighted by Crippen LogP contribution is -2.35. The van der Waals surface area contributed by atoms with Crippen molar-refractivity contribution in [2.75, 3.05) is 39.9 Å². The molecule has 0 aromatic rings. The van der Waals surface area contributed by atoms with Crippen molar-refractivity contribution in [3.63, 3.8) is 0 Å². The fraction of sp³-hybridized carbons (Fsp3) is 1.00. The summed E-state index contributed by atoms with van der Waals surface area (Å²) in [5, 5.41) is 0. The maximum Gasteiger partial charge on any atom is 0.334 e. The van der Waals surface area contributed by atoms with E-state index in [1.165, 1.54) is 0 Å². The fourth-order valence-electron chi connectivity index (χ4n) is 1.59. The van der Waals surface area contributed by atoms with Crippen LogP contribution in [0.15, 0.2) is 0 Å². The second kappa shape index (κ2) is 13.9. The molecule has 0 aromatic heterocycles. The average molecular weight is 423 g/mol. The Morgan fingerprint density at radius 2 is 0.955 bits per heavy atom. The summed E-state index contributed by atoms with van der Waals surface area (Å²) in [6.07, 6.45) is 2.30. The first kappa shape index (κ1) is 23.7. The van der Waals surface area contributed by atoms with Gasteiger partial charge >= 0.3 is 17.1 Å². The first-order chi connectivity index (χ1) is 10.4. The molecule has 0 aliphatic heterocycles. The van der Waals surface area contributed by atoms with Gasteiger partial charge in [-0.05, 0) is 57.7 Å². The van der Waals surface area contributed by atoms with Crippen molar-refractivity contribution in [1.29, 1.82) is 0 Å². The summed E-state index contributed by atoms with van der Waals surface area (Å²) in [6.45, 7) is 4.24. The van der Waals surface area contributed by atoms with Crippen molar-refractivity contribution in [2.45, 2.75) is 38.0 Å². The molecule has 22 heavy (non-hydrogen) atoms. The van der Waals surface area contributed by atoms with Crippen LogP contribution in [0.5, 0.6) is 0 Å². The molecule has 0 aliphatic carbocycles. The second-order valence-electron chi connectivity index (χ2n) is 5.07. The molecule has 0 bridgehead atoms. The maximum atomic E-state index is 5.48. The van der Waals surface area contributed by atoms with Crippen LogP contribution in [0.25, 0.3) is 0 Å². The van der Waals surface area contributed by atoms with E-state index in [0.717, 1.165) is 36.4 Å². The third kappa shape index (κ3) is 11.3. The number of hydrogen-bond donors (Lipinski definition) is 0. The summed E-state index contributed by atoms with van der Waals surface area (Å²) in [6, 6.07) is 2.12. The van der Waals surface area contributed by atoms with E-state index in [9.17, 15) is 0 Å². The maximum absolute atomic E-state index is 5.48. The molecule has 0 atom stereocenters. The summed E-state index contributed by atoms with van der Waals surface area (Å²) in [5.41, 5.74) is 0. The average Bonchev–Trinajstić information content (AvgIpc) is 2.56. The summed E-state index contributed by atoms with van der Waals surface area (Å²) >= 11 is 0. The first-order valence-corrected chi connectivity index (χ1v) is 17.4. The normalized spacial score (nSPS) is 12.8. The van der Waals surface area contributed by atoms with Gasteiger partial charge in [0.25, 0.3) is 0 Å². The summed E-state index contributed by atoms with van der Waals surface area (Å²) < 4.78 is 21.9. The topological polar surface area (TPSA) is 36.9 Å². The van der Waals surface area contributed by atoms with Crippen LogP contribution < -0.4 is 0 Å². The Morgan fingerprint density at radius 1 is 0.636 bits per heavy atom. The smallest absolute Gasteiger partial charge is 0.334 e. The molecule has 0 rings (SSSR count). The second-order valence-corrected chi connectivity index (χ2v) is 18.5. The lowest BCUT2D eigenvalue weighted by atomic mass is 10.6. The summed E-state index contributed by atoms with van der Waals surface area (Å²) in [7, 11) is 10.9. The molecule has 0 aliphatic rings. The molecule has 0 saturated heterocycles. The minimum Gasteiger partial charge on any atom is -0.398 e. The van der Waals surface area contributed by atoms with Gasteiger partial charge in [-0.25, -0.2) is 0 Å². The third-order valence-corrected chi connectivity index (χ3v) is 16.2. The summed E-state index contributed by atoms with van der Waals surface area (Å²) in [5.74, 6) is 2.29. The lowest BCUT2D eigenvalue weighted by molar-refractivity contribution is 0.249. The Bertz CT molecular complexity index is 244. The van der Waals surface area contributed by atoms with Crippen LogP contribution in [0.4, 0.5) is 0 Å². The molecule has 0 heterocycles. The van der Waals surface area contributed by atoms with Gasteiger partial charge in [0.2, 0.25) is 0 Å². The Morgan fingerprint density at radius 3 is 1.23 bits per heavy atom. The fourth-order valence-corrected chi connectivity index (χ4v) is 11.0. The Hall–Kier alpha value is 1.67. The zero-order chi connectivity index (χ0) is 16.9. The third-order valence-electron chi connectivity index (χ3n) is 3.57. The van der Waals surface area contributed by atoms with E-state index >= 15 is 0 Å². The Labute approximate surface area is 153 Å². The molecule has 0 spiro atoms. The van der Waals surface area contributed by atoms with Gasteiger partial charge in [0.1, 0.15) is 0 Å². The zero-order valence-corrected chi connectivity index (χ0v) is 19.8. The van der Waals surface area contributed by atoms with E-state index in [4.69, 9.17) is 17.7 Å². The van der Waals surface area contributed by atoms with Gasteiger partial charge in [0.15, 0.2) is 0 Å². The molecule has 0 radical (unpaired) electrons. The lowest BCUT2D eigenvalue weighted by Gasteiger charge is -2.22. The molecule has 0 fully saturated rings. The molecule has 0 unspecified atom stereocenters. The van der Waals surface area contributed by atoms with Crippen LogP contribution in [0, 0.1) is 0 Å². The summed E-state index contributed by atoms with van der Waals surface area (Å²) in [4.78, 5) is 0. The molecule has 0 saturated carbocycles. The minimum atomic E-state index is -1.86. The van der Waals surface area contributed by atoms with Gasteiger partial charge in [0, 0.05) is 39.9 Å². The van der Waals surface area contributed by atoms with E-state index in [0.29, 0.717) is 0 Å². The van der Waals surface area contributed by atoms with Gasteiger partial charge in [-0.1, -0.05) is 21.6 Å². The van der Waals surface area contributed by atoms with Crippen LogP contribution in [-0.4, -0.2) is 57.1 Å². The SMILES string of the molecule is CO[Si](C)(CCCSSSSCCC[Si](C)(OC)OC)OC. The van der Waals surface area contributed by atoms with Crippen LogP contribution in [0.2, 0.25) is 25.2 Å². The molecule has 0 N–H and O–H groups in total. The predicted octanol–water partition coefficient (Wildman–Crippen LogP) is 5.17. The standard InChI is InChI=1S/C12H30O4S4Si2/c1-13-21(5,14-2)11-7-9-17-19-20-18-10-8-12-22(6,15-3)16-4/h7-12H2,1-6H3. The molecule has 10 heteroatoms.